The first-order chi connectivity index (χ1) is 17.5. The molecule has 8 heteroatoms. The van der Waals surface area contributed by atoms with E-state index in [4.69, 9.17) is 5.73 Å². The molecule has 1 aliphatic heterocycles. The van der Waals surface area contributed by atoms with Gasteiger partial charge in [-0.2, -0.15) is 5.10 Å². The molecule has 2 aromatic heterocycles. The van der Waals surface area contributed by atoms with Crippen molar-refractivity contribution in [3.8, 4) is 0 Å². The summed E-state index contributed by atoms with van der Waals surface area (Å²) in [5.74, 6) is 0.712. The average molecular weight is 486 g/mol. The van der Waals surface area contributed by atoms with Crippen LogP contribution in [0.5, 0.6) is 0 Å². The molecule has 3 aliphatic rings. The fourth-order valence-corrected chi connectivity index (χ4v) is 6.56. The maximum Gasteiger partial charge on any atom is 0.269 e. The smallest absolute Gasteiger partial charge is 0.269 e. The zero-order valence-electron chi connectivity index (χ0n) is 20.3. The number of pyridine rings is 1. The Labute approximate surface area is 209 Å². The Morgan fingerprint density at radius 3 is 2.67 bits per heavy atom. The normalized spacial score (nSPS) is 27.1. The third kappa shape index (κ3) is 4.18. The van der Waals surface area contributed by atoms with Crippen molar-refractivity contribution in [3.05, 3.63) is 60.0 Å². The van der Waals surface area contributed by atoms with Crippen LogP contribution >= 0.6 is 0 Å². The molecule has 2 amide bonds. The quantitative estimate of drug-likeness (QED) is 0.551. The van der Waals surface area contributed by atoms with Crippen molar-refractivity contribution in [2.75, 3.05) is 0 Å². The molecule has 2 aliphatic carbocycles. The van der Waals surface area contributed by atoms with Crippen molar-refractivity contribution in [1.29, 1.82) is 0 Å². The van der Waals surface area contributed by atoms with Gasteiger partial charge in [0.1, 0.15) is 6.54 Å². The Kier molecular flexibility index (Phi) is 5.82. The van der Waals surface area contributed by atoms with Gasteiger partial charge in [0.25, 0.3) is 5.91 Å². The van der Waals surface area contributed by atoms with Gasteiger partial charge in [-0.15, -0.1) is 0 Å². The summed E-state index contributed by atoms with van der Waals surface area (Å²) in [7, 11) is 0. The first kappa shape index (κ1) is 22.9. The molecule has 0 bridgehead atoms. The number of aromatic nitrogens is 3. The second-order valence-electron chi connectivity index (χ2n) is 10.7. The van der Waals surface area contributed by atoms with Gasteiger partial charge in [0.05, 0.1) is 17.8 Å². The molecular weight excluding hydrogens is 454 g/mol. The lowest BCUT2D eigenvalue weighted by molar-refractivity contribution is -0.140. The molecule has 2 N–H and O–H groups in total. The summed E-state index contributed by atoms with van der Waals surface area (Å²) in [6, 6.07) is 12.1. The summed E-state index contributed by atoms with van der Waals surface area (Å²) in [6.07, 6.45) is 9.83. The lowest BCUT2D eigenvalue weighted by Gasteiger charge is -2.32. The molecule has 3 aromatic rings. The molecule has 5 atom stereocenters. The molecule has 1 aromatic carbocycles. The highest BCUT2D eigenvalue weighted by molar-refractivity contribution is 6.04. The van der Waals surface area contributed by atoms with E-state index in [1.165, 1.54) is 16.7 Å². The van der Waals surface area contributed by atoms with Crippen LogP contribution in [0.4, 0.5) is 0 Å². The number of piperidine rings is 1. The van der Waals surface area contributed by atoms with Gasteiger partial charge in [-0.1, -0.05) is 36.8 Å². The van der Waals surface area contributed by atoms with Crippen LogP contribution < -0.4 is 5.73 Å². The highest BCUT2D eigenvalue weighted by Gasteiger charge is 2.55. The van der Waals surface area contributed by atoms with Crippen molar-refractivity contribution >= 4 is 28.5 Å². The molecule has 1 saturated heterocycles. The number of hydrogen-bond donors (Lipinski definition) is 1. The van der Waals surface area contributed by atoms with Gasteiger partial charge in [0, 0.05) is 24.0 Å². The molecule has 0 spiro atoms. The van der Waals surface area contributed by atoms with Crippen LogP contribution in [-0.2, 0) is 16.1 Å². The van der Waals surface area contributed by atoms with Crippen LogP contribution in [0, 0.1) is 11.8 Å². The summed E-state index contributed by atoms with van der Waals surface area (Å²) >= 11 is 0. The Bertz CT molecular complexity index is 1320. The molecule has 186 valence electrons. The highest BCUT2D eigenvalue weighted by Crippen LogP contribution is 2.49. The molecule has 2 saturated carbocycles. The minimum atomic E-state index is -0.643. The van der Waals surface area contributed by atoms with Gasteiger partial charge >= 0.3 is 0 Å². The maximum atomic E-state index is 13.5. The number of carbonyl (C=O) groups is 3. The first-order valence-electron chi connectivity index (χ1n) is 13.0. The first-order valence-corrected chi connectivity index (χ1v) is 13.0. The molecule has 3 heterocycles. The van der Waals surface area contributed by atoms with Gasteiger partial charge in [-0.25, -0.2) is 0 Å². The molecule has 36 heavy (non-hydrogen) atoms. The van der Waals surface area contributed by atoms with Gasteiger partial charge in [-0.05, 0) is 61.5 Å². The molecule has 2 unspecified atom stereocenters. The van der Waals surface area contributed by atoms with Crippen molar-refractivity contribution in [2.45, 2.75) is 69.5 Å². The highest BCUT2D eigenvalue weighted by atomic mass is 16.2. The minimum Gasteiger partial charge on any atom is -0.364 e. The molecule has 6 rings (SSSR count). The Morgan fingerprint density at radius 1 is 1.03 bits per heavy atom. The minimum absolute atomic E-state index is 0.0397. The van der Waals surface area contributed by atoms with Crippen molar-refractivity contribution in [1.82, 2.24) is 19.7 Å². The molecule has 0 radical (unpaired) electrons. The van der Waals surface area contributed by atoms with E-state index in [2.05, 4.69) is 34.3 Å². The summed E-state index contributed by atoms with van der Waals surface area (Å²) < 4.78 is 1.49. The van der Waals surface area contributed by atoms with Crippen LogP contribution in [0.25, 0.3) is 10.9 Å². The zero-order chi connectivity index (χ0) is 24.8. The van der Waals surface area contributed by atoms with Gasteiger partial charge in [0.2, 0.25) is 5.91 Å². The Morgan fingerprint density at radius 2 is 1.86 bits per heavy atom. The third-order valence-corrected chi connectivity index (χ3v) is 8.38. The fourth-order valence-electron chi connectivity index (χ4n) is 6.56. The van der Waals surface area contributed by atoms with Crippen LogP contribution in [0.1, 0.15) is 66.9 Å². The predicted molar refractivity (Wildman–Crippen MR) is 134 cm³/mol. The van der Waals surface area contributed by atoms with Crippen molar-refractivity contribution < 1.29 is 14.4 Å². The number of primary amides is 1. The van der Waals surface area contributed by atoms with E-state index >= 15 is 0 Å². The number of carbonyl (C=O) groups excluding carboxylic acids is 3. The number of Topliss-reactive ketones (excluding diaryl/α,β-unsaturated/α-hetero) is 1. The van der Waals surface area contributed by atoms with E-state index in [9.17, 15) is 14.4 Å². The second-order valence-corrected chi connectivity index (χ2v) is 10.7. The number of hydrogen-bond acceptors (Lipinski definition) is 5. The van der Waals surface area contributed by atoms with Crippen LogP contribution in [0.3, 0.4) is 0 Å². The maximum absolute atomic E-state index is 13.5. The Hall–Kier alpha value is -3.55. The number of rotatable bonds is 7. The van der Waals surface area contributed by atoms with E-state index in [-0.39, 0.29) is 36.0 Å². The zero-order valence-corrected chi connectivity index (χ0v) is 20.3. The number of likely N-dealkylation sites (tertiary alicyclic amines) is 1. The van der Waals surface area contributed by atoms with Gasteiger partial charge in [0.15, 0.2) is 11.5 Å². The number of benzene rings is 1. The fraction of sp³-hybridized carbons (Fsp3) is 0.464. The second kappa shape index (κ2) is 9.15. The standard InChI is InChI=1S/C28H31N5O3/c29-28(36)27-21-9-10-30-15-24(21)32(31-27)16-26(35)33-22-13-20(22)14-23(33)25(34)12-17-5-4-8-19(11-17)18-6-2-1-3-7-18/h1-3,6-7,9-10,15,17,19-20,22-23H,4-5,8,11-14,16H2,(H2,29,36)/t17?,19?,20-,22-,23+/m1/s1. The summed E-state index contributed by atoms with van der Waals surface area (Å²) in [4.78, 5) is 44.8. The van der Waals surface area contributed by atoms with Gasteiger partial charge in [-0.3, -0.25) is 24.0 Å². The van der Waals surface area contributed by atoms with Crippen molar-refractivity contribution in [3.63, 3.8) is 0 Å². The lowest BCUT2D eigenvalue weighted by Crippen LogP contribution is -2.45. The van der Waals surface area contributed by atoms with E-state index in [1.54, 1.807) is 18.5 Å². The number of nitrogens with zero attached hydrogens (tertiary/aromatic N) is 4. The number of amides is 2. The van der Waals surface area contributed by atoms with Gasteiger partial charge < -0.3 is 10.6 Å². The summed E-state index contributed by atoms with van der Waals surface area (Å²) in [6.45, 7) is -0.0397. The number of ketones is 1. The van der Waals surface area contributed by atoms with Crippen LogP contribution in [0.15, 0.2) is 48.8 Å². The topological polar surface area (TPSA) is 111 Å². The summed E-state index contributed by atoms with van der Waals surface area (Å²) in [5, 5.41) is 4.89. The largest absolute Gasteiger partial charge is 0.364 e. The monoisotopic (exact) mass is 485 g/mol. The number of nitrogens with two attached hydrogens (primary N) is 1. The molecular formula is C28H31N5O3. The van der Waals surface area contributed by atoms with E-state index in [0.717, 1.165) is 32.1 Å². The third-order valence-electron chi connectivity index (χ3n) is 8.38. The van der Waals surface area contributed by atoms with Crippen molar-refractivity contribution in [2.24, 2.45) is 17.6 Å². The van der Waals surface area contributed by atoms with Crippen LogP contribution in [-0.4, -0.2) is 49.3 Å². The lowest BCUT2D eigenvalue weighted by atomic mass is 9.75. The Balaban J connectivity index is 1.16. The average Bonchev–Trinajstić information content (AvgIpc) is 3.39. The van der Waals surface area contributed by atoms with E-state index in [1.807, 2.05) is 11.0 Å². The van der Waals surface area contributed by atoms with Crippen LogP contribution in [0.2, 0.25) is 0 Å². The van der Waals surface area contributed by atoms with E-state index < -0.39 is 5.91 Å². The SMILES string of the molecule is NC(=O)c1nn(CC(=O)N2[C@@H]3C[C@@H]3C[C@H]2C(=O)CC2CCCC(c3ccccc3)C2)c2cnccc12. The molecule has 3 fully saturated rings. The number of fused-ring (bicyclic) bond motifs is 2. The summed E-state index contributed by atoms with van der Waals surface area (Å²) in [5.41, 5.74) is 7.58. The predicted octanol–water partition coefficient (Wildman–Crippen LogP) is 3.45. The van der Waals surface area contributed by atoms with E-state index in [0.29, 0.717) is 35.1 Å². The molecule has 8 nitrogen and oxygen atoms in total.